The van der Waals surface area contributed by atoms with Gasteiger partial charge in [-0.2, -0.15) is 5.01 Å². The summed E-state index contributed by atoms with van der Waals surface area (Å²) in [5.74, 6) is -1.20. The molecule has 3 rings (SSSR count). The van der Waals surface area contributed by atoms with E-state index in [0.717, 1.165) is 12.8 Å². The molecule has 1 saturated carbocycles. The minimum atomic E-state index is -0.953. The van der Waals surface area contributed by atoms with Gasteiger partial charge in [-0.25, -0.2) is 9.59 Å². The molecule has 2 fully saturated rings. The Labute approximate surface area is 162 Å². The predicted molar refractivity (Wildman–Crippen MR) is 97.2 cm³/mol. The summed E-state index contributed by atoms with van der Waals surface area (Å²) in [6.07, 6.45) is 2.72. The van der Waals surface area contributed by atoms with Crippen LogP contribution in [0.1, 0.15) is 43.0 Å². The van der Waals surface area contributed by atoms with Crippen LogP contribution in [0.4, 0.5) is 4.79 Å². The maximum Gasteiger partial charge on any atom is 0.344 e. The molecule has 4 amide bonds. The molecule has 0 atom stereocenters. The normalized spacial score (nSPS) is 24.1. The van der Waals surface area contributed by atoms with E-state index in [-0.39, 0.29) is 5.56 Å². The molecule has 0 radical (unpaired) electrons. The monoisotopic (exact) mass is 389 g/mol. The van der Waals surface area contributed by atoms with Gasteiger partial charge in [0.15, 0.2) is 6.61 Å². The average molecular weight is 389 g/mol. The molecule has 9 heteroatoms. The van der Waals surface area contributed by atoms with Gasteiger partial charge in [0, 0.05) is 0 Å². The minimum Gasteiger partial charge on any atom is -0.496 e. The van der Waals surface area contributed by atoms with Gasteiger partial charge in [0.05, 0.1) is 7.11 Å². The molecule has 150 valence electrons. The van der Waals surface area contributed by atoms with Gasteiger partial charge in [-0.3, -0.25) is 15.0 Å². The van der Waals surface area contributed by atoms with Crippen molar-refractivity contribution in [3.63, 3.8) is 0 Å². The largest absolute Gasteiger partial charge is 0.496 e. The van der Waals surface area contributed by atoms with Crippen LogP contribution in [0, 0.1) is 5.92 Å². The average Bonchev–Trinajstić information content (AvgIpc) is 2.92. The number of imide groups is 1. The number of hydrogen-bond acceptors (Lipinski definition) is 6. The van der Waals surface area contributed by atoms with Crippen molar-refractivity contribution < 1.29 is 28.7 Å². The molecule has 1 aliphatic heterocycles. The fourth-order valence-corrected chi connectivity index (χ4v) is 3.49. The van der Waals surface area contributed by atoms with Gasteiger partial charge in [0.25, 0.3) is 11.8 Å². The minimum absolute atomic E-state index is 0.170. The summed E-state index contributed by atoms with van der Waals surface area (Å²) in [5, 5.41) is 3.38. The van der Waals surface area contributed by atoms with Crippen molar-refractivity contribution >= 4 is 23.8 Å². The summed E-state index contributed by atoms with van der Waals surface area (Å²) < 4.78 is 10.0. The van der Waals surface area contributed by atoms with Crippen molar-refractivity contribution in [2.24, 2.45) is 5.92 Å². The molecule has 2 N–H and O–H groups in total. The number of methoxy groups -OCH3 is 1. The lowest BCUT2D eigenvalue weighted by Crippen LogP contribution is -2.52. The Morgan fingerprint density at radius 2 is 1.93 bits per heavy atom. The second-order valence-electron chi connectivity index (χ2n) is 7.15. The van der Waals surface area contributed by atoms with Crippen LogP contribution >= 0.6 is 0 Å². The van der Waals surface area contributed by atoms with E-state index in [1.807, 2.05) is 0 Å². The number of carbonyl (C=O) groups is 4. The van der Waals surface area contributed by atoms with Gasteiger partial charge in [-0.05, 0) is 43.7 Å². The zero-order chi connectivity index (χ0) is 20.3. The Balaban J connectivity index is 1.57. The molecule has 28 heavy (non-hydrogen) atoms. The Kier molecular flexibility index (Phi) is 5.53. The lowest BCUT2D eigenvalue weighted by Gasteiger charge is -2.33. The third kappa shape index (κ3) is 3.78. The number of hydrogen-bond donors (Lipinski definition) is 2. The molecular formula is C19H23N3O6. The van der Waals surface area contributed by atoms with Crippen LogP contribution in [-0.2, 0) is 14.3 Å². The van der Waals surface area contributed by atoms with E-state index >= 15 is 0 Å². The quantitative estimate of drug-likeness (QED) is 0.581. The number of amides is 4. The number of benzene rings is 1. The molecule has 0 aromatic heterocycles. The van der Waals surface area contributed by atoms with E-state index in [1.165, 1.54) is 13.2 Å². The highest BCUT2D eigenvalue weighted by molar-refractivity contribution is 6.08. The Morgan fingerprint density at radius 1 is 1.25 bits per heavy atom. The number of ether oxygens (including phenoxy) is 2. The van der Waals surface area contributed by atoms with E-state index in [0.29, 0.717) is 29.5 Å². The fraction of sp³-hybridized carbons (Fsp3) is 0.474. The number of esters is 1. The maximum atomic E-state index is 12.7. The van der Waals surface area contributed by atoms with Crippen LogP contribution in [0.25, 0.3) is 0 Å². The number of urea groups is 1. The fourth-order valence-electron chi connectivity index (χ4n) is 3.49. The van der Waals surface area contributed by atoms with Gasteiger partial charge >= 0.3 is 12.0 Å². The van der Waals surface area contributed by atoms with Crippen molar-refractivity contribution in [1.29, 1.82) is 0 Å². The zero-order valence-corrected chi connectivity index (χ0v) is 15.8. The van der Waals surface area contributed by atoms with Crippen LogP contribution in [0.2, 0.25) is 0 Å². The van der Waals surface area contributed by atoms with Crippen molar-refractivity contribution in [2.75, 3.05) is 13.7 Å². The van der Waals surface area contributed by atoms with Crippen LogP contribution in [0.15, 0.2) is 24.3 Å². The number of carbonyl (C=O) groups excluding carboxylic acids is 4. The van der Waals surface area contributed by atoms with Gasteiger partial charge in [-0.15, -0.1) is 0 Å². The molecule has 1 aromatic carbocycles. The van der Waals surface area contributed by atoms with E-state index in [4.69, 9.17) is 9.47 Å². The third-order valence-electron chi connectivity index (χ3n) is 5.19. The maximum absolute atomic E-state index is 12.7. The van der Waals surface area contributed by atoms with E-state index in [9.17, 15) is 19.2 Å². The molecule has 1 saturated heterocycles. The number of para-hydroxylation sites is 1. The first-order chi connectivity index (χ1) is 13.4. The zero-order valence-electron chi connectivity index (χ0n) is 15.8. The summed E-state index contributed by atoms with van der Waals surface area (Å²) >= 11 is 0. The first-order valence-electron chi connectivity index (χ1n) is 9.12. The number of nitrogens with one attached hydrogen (secondary N) is 2. The molecule has 0 bridgehead atoms. The molecule has 1 spiro atoms. The lowest BCUT2D eigenvalue weighted by molar-refractivity contribution is -0.141. The molecular weight excluding hydrogens is 366 g/mol. The summed E-state index contributed by atoms with van der Waals surface area (Å²) in [6.45, 7) is 1.46. The standard InChI is InChI=1S/C19H23N3O6/c1-12-7-9-19(10-8-12)17(25)22(18(26)20-19)21-15(23)11-28-16(24)13-5-3-4-6-14(13)27-2/h3-6,12H,7-11H2,1-2H3,(H,20,26)(H,21,23). The molecule has 1 aromatic rings. The molecule has 0 unspecified atom stereocenters. The summed E-state index contributed by atoms with van der Waals surface area (Å²) in [4.78, 5) is 49.1. The van der Waals surface area contributed by atoms with Gasteiger partial charge in [-0.1, -0.05) is 19.1 Å². The second kappa shape index (κ2) is 7.87. The van der Waals surface area contributed by atoms with Gasteiger partial charge in [0.1, 0.15) is 16.9 Å². The molecule has 1 aliphatic carbocycles. The summed E-state index contributed by atoms with van der Waals surface area (Å²) in [6, 6.07) is 5.75. The van der Waals surface area contributed by atoms with Gasteiger partial charge in [0.2, 0.25) is 0 Å². The highest BCUT2D eigenvalue weighted by Gasteiger charge is 2.52. The summed E-state index contributed by atoms with van der Waals surface area (Å²) in [5.41, 5.74) is 1.44. The van der Waals surface area contributed by atoms with Gasteiger partial charge < -0.3 is 14.8 Å². The third-order valence-corrected chi connectivity index (χ3v) is 5.19. The lowest BCUT2D eigenvalue weighted by atomic mass is 9.77. The molecule has 1 heterocycles. The van der Waals surface area contributed by atoms with Crippen LogP contribution in [0.5, 0.6) is 5.75 Å². The number of rotatable bonds is 5. The number of nitrogens with zero attached hydrogens (tertiary/aromatic N) is 1. The molecule has 9 nitrogen and oxygen atoms in total. The Morgan fingerprint density at radius 3 is 2.61 bits per heavy atom. The summed E-state index contributed by atoms with van der Waals surface area (Å²) in [7, 11) is 1.41. The predicted octanol–water partition coefficient (Wildman–Crippen LogP) is 1.38. The smallest absolute Gasteiger partial charge is 0.344 e. The number of hydrazine groups is 1. The topological polar surface area (TPSA) is 114 Å². The van der Waals surface area contributed by atoms with Crippen LogP contribution in [-0.4, -0.2) is 48.1 Å². The Bertz CT molecular complexity index is 801. The van der Waals surface area contributed by atoms with Crippen molar-refractivity contribution in [3.05, 3.63) is 29.8 Å². The van der Waals surface area contributed by atoms with E-state index < -0.39 is 36.0 Å². The SMILES string of the molecule is COc1ccccc1C(=O)OCC(=O)NN1C(=O)NC2(CCC(C)CC2)C1=O. The highest BCUT2D eigenvalue weighted by atomic mass is 16.5. The van der Waals surface area contributed by atoms with E-state index in [1.54, 1.807) is 18.2 Å². The second-order valence-corrected chi connectivity index (χ2v) is 7.15. The highest BCUT2D eigenvalue weighted by Crippen LogP contribution is 2.35. The van der Waals surface area contributed by atoms with Crippen molar-refractivity contribution in [2.45, 2.75) is 38.1 Å². The molecule has 2 aliphatic rings. The van der Waals surface area contributed by atoms with Crippen LogP contribution < -0.4 is 15.5 Å². The van der Waals surface area contributed by atoms with Crippen molar-refractivity contribution in [1.82, 2.24) is 15.8 Å². The van der Waals surface area contributed by atoms with Crippen LogP contribution in [0.3, 0.4) is 0 Å². The first kappa shape index (κ1) is 19.7. The van der Waals surface area contributed by atoms with E-state index in [2.05, 4.69) is 17.7 Å². The Hall–Kier alpha value is -3.10. The first-order valence-corrected chi connectivity index (χ1v) is 9.12. The van der Waals surface area contributed by atoms with Crippen molar-refractivity contribution in [3.8, 4) is 5.75 Å².